The van der Waals surface area contributed by atoms with Crippen molar-refractivity contribution < 1.29 is 14.6 Å². The number of nitrogens with two attached hydrogens (primary N) is 1. The van der Waals surface area contributed by atoms with Crippen molar-refractivity contribution in [1.82, 2.24) is 0 Å². The molecule has 0 bridgehead atoms. The van der Waals surface area contributed by atoms with Crippen LogP contribution < -0.4 is 10.5 Å². The second kappa shape index (κ2) is 9.52. The molecule has 0 saturated carbocycles. The third kappa shape index (κ3) is 5.04. The predicted molar refractivity (Wildman–Crippen MR) is 118 cm³/mol. The first-order valence-corrected chi connectivity index (χ1v) is 10.6. The smallest absolute Gasteiger partial charge is 0.395 e. The first kappa shape index (κ1) is 21.5. The standard InChI is InChI=1S/C21H24ClN3O3S/c1-12(16-6-2-4-13-5-3-7-17(13)16)19(20(23)28-21(24)27)29-25-18-9-8-15(22)10-14(18)11-26/h2,4,6,8-10,12,19,23,25-26H,3,5,7,11H2,1H3,(H2,24,27). The summed E-state index contributed by atoms with van der Waals surface area (Å²) in [5.41, 5.74) is 10.3. The van der Waals surface area contributed by atoms with Gasteiger partial charge in [-0.2, -0.15) is 0 Å². The number of hydrogen-bond acceptors (Lipinski definition) is 6. The lowest BCUT2D eigenvalue weighted by atomic mass is 9.91. The lowest BCUT2D eigenvalue weighted by Crippen LogP contribution is -2.31. The number of aryl methyl sites for hydroxylation is 1. The number of carbonyl (C=O) groups excluding carboxylic acids is 1. The van der Waals surface area contributed by atoms with Gasteiger partial charge >= 0.3 is 6.09 Å². The molecule has 2 unspecified atom stereocenters. The van der Waals surface area contributed by atoms with Crippen LogP contribution in [0.25, 0.3) is 0 Å². The van der Waals surface area contributed by atoms with Crippen LogP contribution in [-0.4, -0.2) is 22.3 Å². The van der Waals surface area contributed by atoms with Crippen LogP contribution in [0, 0.1) is 5.41 Å². The minimum absolute atomic E-state index is 0.0997. The van der Waals surface area contributed by atoms with E-state index in [4.69, 9.17) is 27.5 Å². The first-order valence-electron chi connectivity index (χ1n) is 9.38. The number of rotatable bonds is 7. The van der Waals surface area contributed by atoms with Crippen molar-refractivity contribution in [3.63, 3.8) is 0 Å². The number of hydrogen-bond donors (Lipinski definition) is 4. The van der Waals surface area contributed by atoms with E-state index in [1.807, 2.05) is 13.0 Å². The molecule has 3 rings (SSSR count). The summed E-state index contributed by atoms with van der Waals surface area (Å²) in [6.07, 6.45) is 2.19. The third-order valence-electron chi connectivity index (χ3n) is 5.13. The van der Waals surface area contributed by atoms with Crippen molar-refractivity contribution in [2.75, 3.05) is 4.72 Å². The van der Waals surface area contributed by atoms with E-state index in [0.29, 0.717) is 16.3 Å². The minimum atomic E-state index is -1.01. The molecule has 1 aliphatic carbocycles. The fourth-order valence-electron chi connectivity index (χ4n) is 3.71. The van der Waals surface area contributed by atoms with Crippen LogP contribution >= 0.6 is 23.5 Å². The van der Waals surface area contributed by atoms with Gasteiger partial charge in [0.15, 0.2) is 0 Å². The Morgan fingerprint density at radius 3 is 2.90 bits per heavy atom. The van der Waals surface area contributed by atoms with Crippen molar-refractivity contribution in [1.29, 1.82) is 5.41 Å². The quantitative estimate of drug-likeness (QED) is 0.289. The monoisotopic (exact) mass is 433 g/mol. The summed E-state index contributed by atoms with van der Waals surface area (Å²) in [5.74, 6) is -0.310. The number of halogens is 1. The number of ether oxygens (including phenoxy) is 1. The van der Waals surface area contributed by atoms with Crippen molar-refractivity contribution in [2.24, 2.45) is 5.73 Å². The van der Waals surface area contributed by atoms with E-state index in [9.17, 15) is 9.90 Å². The van der Waals surface area contributed by atoms with Crippen molar-refractivity contribution in [3.05, 3.63) is 63.7 Å². The minimum Gasteiger partial charge on any atom is -0.395 e. The summed E-state index contributed by atoms with van der Waals surface area (Å²) in [7, 11) is 0. The predicted octanol–water partition coefficient (Wildman–Crippen LogP) is 4.63. The van der Waals surface area contributed by atoms with Crippen LogP contribution in [0.3, 0.4) is 0 Å². The number of aliphatic hydroxyl groups is 1. The number of primary amides is 1. The molecule has 0 aromatic heterocycles. The molecule has 1 amide bonds. The molecule has 0 heterocycles. The molecule has 0 saturated heterocycles. The molecular weight excluding hydrogens is 410 g/mol. The van der Waals surface area contributed by atoms with Gasteiger partial charge in [0.05, 0.1) is 6.61 Å². The Morgan fingerprint density at radius 2 is 2.17 bits per heavy atom. The molecule has 8 heteroatoms. The van der Waals surface area contributed by atoms with Gasteiger partial charge in [0, 0.05) is 22.2 Å². The molecule has 2 atom stereocenters. The maximum Gasteiger partial charge on any atom is 0.411 e. The molecule has 0 spiro atoms. The fourth-order valence-corrected chi connectivity index (χ4v) is 4.86. The normalized spacial score (nSPS) is 14.7. The Morgan fingerprint density at radius 1 is 1.38 bits per heavy atom. The summed E-state index contributed by atoms with van der Waals surface area (Å²) in [5, 5.41) is 17.9. The number of aliphatic hydroxyl groups excluding tert-OH is 1. The molecule has 0 aliphatic heterocycles. The Hall–Kier alpha value is -2.22. The highest BCUT2D eigenvalue weighted by Crippen LogP contribution is 2.37. The average Bonchev–Trinajstić information content (AvgIpc) is 3.17. The number of anilines is 1. The van der Waals surface area contributed by atoms with Crippen LogP contribution in [0.1, 0.15) is 41.5 Å². The van der Waals surface area contributed by atoms with Crippen LogP contribution in [0.5, 0.6) is 0 Å². The molecule has 2 aromatic rings. The number of nitrogens with one attached hydrogen (secondary N) is 2. The van der Waals surface area contributed by atoms with Crippen LogP contribution in [0.2, 0.25) is 5.02 Å². The summed E-state index contributed by atoms with van der Waals surface area (Å²) in [6, 6.07) is 11.4. The van der Waals surface area contributed by atoms with E-state index in [2.05, 4.69) is 16.9 Å². The van der Waals surface area contributed by atoms with E-state index in [0.717, 1.165) is 24.8 Å². The number of benzene rings is 2. The lowest BCUT2D eigenvalue weighted by molar-refractivity contribution is 0.206. The van der Waals surface area contributed by atoms with Crippen molar-refractivity contribution >= 4 is 41.2 Å². The molecule has 2 aromatic carbocycles. The molecule has 6 nitrogen and oxygen atoms in total. The molecule has 5 N–H and O–H groups in total. The van der Waals surface area contributed by atoms with Gasteiger partial charge < -0.3 is 20.3 Å². The van der Waals surface area contributed by atoms with Gasteiger partial charge in [0.2, 0.25) is 5.90 Å². The second-order valence-electron chi connectivity index (χ2n) is 7.01. The first-order chi connectivity index (χ1) is 13.9. The van der Waals surface area contributed by atoms with Crippen molar-refractivity contribution in [3.8, 4) is 0 Å². The SMILES string of the molecule is CC(c1cccc2c1CCC2)C(SNc1ccc(Cl)cc1CO)C(=N)OC(N)=O. The lowest BCUT2D eigenvalue weighted by Gasteiger charge is -2.26. The zero-order valence-electron chi connectivity index (χ0n) is 16.1. The molecular formula is C21H24ClN3O3S. The van der Waals surface area contributed by atoms with E-state index in [1.165, 1.54) is 23.1 Å². The van der Waals surface area contributed by atoms with Crippen LogP contribution in [0.15, 0.2) is 36.4 Å². The van der Waals surface area contributed by atoms with Crippen LogP contribution in [0.4, 0.5) is 10.5 Å². The average molecular weight is 434 g/mol. The Balaban J connectivity index is 1.86. The highest BCUT2D eigenvalue weighted by atomic mass is 35.5. The van der Waals surface area contributed by atoms with Gasteiger partial charge in [-0.05, 0) is 66.1 Å². The van der Waals surface area contributed by atoms with Gasteiger partial charge in [0.25, 0.3) is 0 Å². The molecule has 1 aliphatic rings. The van der Waals surface area contributed by atoms with E-state index >= 15 is 0 Å². The number of carbonyl (C=O) groups is 1. The Bertz CT molecular complexity index is 922. The third-order valence-corrected chi connectivity index (χ3v) is 6.58. The molecule has 29 heavy (non-hydrogen) atoms. The largest absolute Gasteiger partial charge is 0.411 e. The summed E-state index contributed by atoms with van der Waals surface area (Å²) >= 11 is 7.25. The molecule has 0 radical (unpaired) electrons. The van der Waals surface area contributed by atoms with E-state index in [-0.39, 0.29) is 18.4 Å². The van der Waals surface area contributed by atoms with Gasteiger partial charge in [0.1, 0.15) is 5.25 Å². The summed E-state index contributed by atoms with van der Waals surface area (Å²) in [6.45, 7) is 1.84. The summed E-state index contributed by atoms with van der Waals surface area (Å²) in [4.78, 5) is 11.3. The Labute approximate surface area is 179 Å². The van der Waals surface area contributed by atoms with Gasteiger partial charge in [-0.3, -0.25) is 5.41 Å². The topological polar surface area (TPSA) is 108 Å². The number of amides is 1. The van der Waals surface area contributed by atoms with Gasteiger partial charge in [-0.1, -0.05) is 36.7 Å². The van der Waals surface area contributed by atoms with Gasteiger partial charge in [-0.25, -0.2) is 4.79 Å². The van der Waals surface area contributed by atoms with Gasteiger partial charge in [-0.15, -0.1) is 0 Å². The fraction of sp³-hybridized carbons (Fsp3) is 0.333. The highest BCUT2D eigenvalue weighted by Gasteiger charge is 2.30. The zero-order chi connectivity index (χ0) is 21.0. The highest BCUT2D eigenvalue weighted by molar-refractivity contribution is 8.01. The maximum atomic E-state index is 11.3. The van der Waals surface area contributed by atoms with E-state index in [1.54, 1.807) is 18.2 Å². The summed E-state index contributed by atoms with van der Waals surface area (Å²) < 4.78 is 8.12. The number of fused-ring (bicyclic) bond motifs is 1. The van der Waals surface area contributed by atoms with Crippen LogP contribution in [-0.2, 0) is 24.2 Å². The molecule has 154 valence electrons. The zero-order valence-corrected chi connectivity index (χ0v) is 17.6. The Kier molecular flexibility index (Phi) is 7.05. The molecule has 0 fully saturated rings. The van der Waals surface area contributed by atoms with Crippen molar-refractivity contribution in [2.45, 2.75) is 44.0 Å². The van der Waals surface area contributed by atoms with E-state index < -0.39 is 11.3 Å². The maximum absolute atomic E-state index is 11.3. The second-order valence-corrected chi connectivity index (χ2v) is 8.40.